The Balaban J connectivity index is 0. The van der Waals surface area contributed by atoms with Crippen LogP contribution < -0.4 is 0 Å². The Labute approximate surface area is 39.3 Å². The normalized spacial score (nSPS) is 1.25. The first-order chi connectivity index (χ1) is 2.00. The summed E-state index contributed by atoms with van der Waals surface area (Å²) >= 11 is 1.90. The summed E-state index contributed by atoms with van der Waals surface area (Å²) in [6, 6.07) is 0. The molecule has 2 heteroatoms. The standard InChI is InChI=1S/C2H.S.V/c1-2;;/h1H;;/q-1;;/i1+6,2+6;;. The first-order valence-corrected chi connectivity index (χ1v) is 2.55. The Bertz CT molecular complexity index is 17.2. The summed E-state index contributed by atoms with van der Waals surface area (Å²) in [6.07, 6.45) is 9.00. The van der Waals surface area contributed by atoms with Gasteiger partial charge in [-0.25, -0.2) is 0 Å². The molecule has 21 valence electrons. The van der Waals surface area contributed by atoms with E-state index in [4.69, 9.17) is 6.42 Å². The summed E-state index contributed by atoms with van der Waals surface area (Å²) in [6.45, 7) is 0. The minimum absolute atomic E-state index is 1.90. The molecule has 0 aromatic rings. The summed E-state index contributed by atoms with van der Waals surface area (Å²) in [4.78, 5) is 0. The molecule has 0 spiro atoms. The molecule has 0 saturated heterocycles. The van der Waals surface area contributed by atoms with Crippen molar-refractivity contribution in [2.24, 2.45) is 0 Å². The molecule has 0 atom stereocenters. The van der Waals surface area contributed by atoms with Crippen LogP contribution in [0.25, 0.3) is 0 Å². The van der Waals surface area contributed by atoms with Crippen LogP contribution in [0.3, 0.4) is 0 Å². The molecule has 0 aliphatic rings. The van der Waals surface area contributed by atoms with Crippen molar-refractivity contribution in [3.05, 3.63) is 6.42 Å². The Hall–Kier alpha value is 0.364. The SMILES string of the molecule is [18C-]#[18CH].[S]=[V]. The number of hydrogen-bond acceptors (Lipinski definition) is 1. The molecule has 0 aromatic heterocycles. The van der Waals surface area contributed by atoms with Crippen LogP contribution in [-0.2, 0) is 15.7 Å². The zero-order chi connectivity index (χ0) is 4.00. The second-order valence-corrected chi connectivity index (χ2v) is 0. The van der Waals surface area contributed by atoms with E-state index in [0.717, 1.165) is 0 Å². The van der Waals surface area contributed by atoms with E-state index >= 15 is 0 Å². The van der Waals surface area contributed by atoms with Gasteiger partial charge in [0.25, 0.3) is 0 Å². The third kappa shape index (κ3) is 33.1. The van der Waals surface area contributed by atoms with Crippen LogP contribution >= 0.6 is 10.3 Å². The number of terminal acetylenes is 1. The average molecular weight is 120 g/mol. The van der Waals surface area contributed by atoms with Gasteiger partial charge in [0, 0.05) is 0 Å². The molecule has 0 aliphatic carbocycles. The van der Waals surface area contributed by atoms with Crippen LogP contribution in [0.1, 0.15) is 0 Å². The van der Waals surface area contributed by atoms with Crippen molar-refractivity contribution in [2.45, 2.75) is 0 Å². The average Bonchev–Trinajstić information content (AvgIpc) is 1.50. The summed E-state index contributed by atoms with van der Waals surface area (Å²) < 4.78 is 0. The van der Waals surface area contributed by atoms with Crippen molar-refractivity contribution in [1.29, 1.82) is 0 Å². The van der Waals surface area contributed by atoms with Gasteiger partial charge in [-0.1, -0.05) is 0 Å². The van der Waals surface area contributed by atoms with Gasteiger partial charge in [-0.05, 0) is 0 Å². The minimum atomic E-state index is 1.90. The third-order valence-corrected chi connectivity index (χ3v) is 0. The van der Waals surface area contributed by atoms with E-state index in [0.29, 0.717) is 0 Å². The quantitative estimate of drug-likeness (QED) is 0.337. The van der Waals surface area contributed by atoms with Gasteiger partial charge in [0.1, 0.15) is 0 Å². The summed E-state index contributed by atoms with van der Waals surface area (Å²) in [5.41, 5.74) is 0. The fourth-order valence-electron chi connectivity index (χ4n) is 0. The van der Waals surface area contributed by atoms with E-state index in [1.54, 1.807) is 0 Å². The molecule has 4 heavy (non-hydrogen) atoms. The van der Waals surface area contributed by atoms with Gasteiger partial charge in [0.15, 0.2) is 0 Å². The number of rotatable bonds is 0. The molecule has 0 N–H and O–H groups in total. The molecule has 0 saturated carbocycles. The van der Waals surface area contributed by atoms with E-state index in [9.17, 15) is 0 Å². The predicted octanol–water partition coefficient (Wildman–Crippen LogP) is 0.852. The van der Waals surface area contributed by atoms with E-state index in [-0.39, 0.29) is 0 Å². The second-order valence-electron chi connectivity index (χ2n) is 0. The van der Waals surface area contributed by atoms with E-state index in [2.05, 4.69) is 16.7 Å². The van der Waals surface area contributed by atoms with Gasteiger partial charge in [0.05, 0.1) is 0 Å². The Kier molecular flexibility index (Phi) is 313. The van der Waals surface area contributed by atoms with Gasteiger partial charge in [-0.3, -0.25) is 0 Å². The third-order valence-electron chi connectivity index (χ3n) is 0. The van der Waals surface area contributed by atoms with Gasteiger partial charge in [-0.2, -0.15) is 0 Å². The fourth-order valence-corrected chi connectivity index (χ4v) is 0. The molecular weight excluding hydrogens is 119 g/mol. The van der Waals surface area contributed by atoms with Gasteiger partial charge >= 0.3 is 26.0 Å². The summed E-state index contributed by atoms with van der Waals surface area (Å²) in [5, 5.41) is 0. The fraction of sp³-hybridized carbons (Fsp3) is 0. The molecule has 0 amide bonds. The monoisotopic (exact) mass is 120 g/mol. The van der Waals surface area contributed by atoms with Crippen LogP contribution in [0.15, 0.2) is 0 Å². The number of hydrogen-bond donors (Lipinski definition) is 0. The second kappa shape index (κ2) is 142. The van der Waals surface area contributed by atoms with Crippen molar-refractivity contribution in [2.75, 3.05) is 0 Å². The molecule has 0 bridgehead atoms. The molecule has 0 aliphatic heterocycles. The van der Waals surface area contributed by atoms with Crippen LogP contribution in [0.4, 0.5) is 0 Å². The van der Waals surface area contributed by atoms with Crippen molar-refractivity contribution < 1.29 is 15.7 Å². The summed E-state index contributed by atoms with van der Waals surface area (Å²) in [7, 11) is 4.02. The van der Waals surface area contributed by atoms with Gasteiger partial charge in [0.2, 0.25) is 0 Å². The van der Waals surface area contributed by atoms with Crippen LogP contribution in [-0.4, -0.2) is 0 Å². The first kappa shape index (κ1) is 8.84. The first-order valence-electron chi connectivity index (χ1n) is 0.471. The molecule has 0 nitrogen and oxygen atoms in total. The zero-order valence-corrected chi connectivity index (χ0v) is 4.15. The maximum atomic E-state index is 5.25. The molecular formula is C2HSV-. The molecule has 0 radical (unpaired) electrons. The van der Waals surface area contributed by atoms with Gasteiger partial charge in [-0.15, -0.1) is 0 Å². The van der Waals surface area contributed by atoms with E-state index in [1.165, 1.54) is 0 Å². The summed E-state index contributed by atoms with van der Waals surface area (Å²) in [5.74, 6) is 0. The molecule has 0 rings (SSSR count). The van der Waals surface area contributed by atoms with Crippen molar-refractivity contribution in [3.8, 4) is 6.42 Å². The molecule has 0 unspecified atom stereocenters. The van der Waals surface area contributed by atoms with E-state index in [1.807, 2.05) is 15.7 Å². The zero-order valence-electron chi connectivity index (χ0n) is 1.93. The molecule has 0 heterocycles. The van der Waals surface area contributed by atoms with Crippen molar-refractivity contribution >= 4 is 10.3 Å². The topological polar surface area (TPSA) is 0 Å². The Morgan fingerprint density at radius 2 is 1.50 bits per heavy atom. The maximum absolute atomic E-state index is 5.25. The Morgan fingerprint density at radius 3 is 1.50 bits per heavy atom. The Morgan fingerprint density at radius 1 is 1.50 bits per heavy atom. The predicted molar refractivity (Wildman–Crippen MR) is 15.8 cm³/mol. The van der Waals surface area contributed by atoms with E-state index < -0.39 is 0 Å². The van der Waals surface area contributed by atoms with Crippen molar-refractivity contribution in [1.82, 2.24) is 0 Å². The van der Waals surface area contributed by atoms with Crippen LogP contribution in [0.5, 0.6) is 0 Å². The molecule has 0 fully saturated rings. The van der Waals surface area contributed by atoms with Crippen LogP contribution in [0, 0.1) is 12.8 Å². The van der Waals surface area contributed by atoms with Crippen LogP contribution in [0.2, 0.25) is 0 Å². The molecule has 0 aromatic carbocycles. The van der Waals surface area contributed by atoms with Gasteiger partial charge < -0.3 is 12.8 Å². The van der Waals surface area contributed by atoms with Crippen molar-refractivity contribution in [3.63, 3.8) is 0 Å².